The summed E-state index contributed by atoms with van der Waals surface area (Å²) >= 11 is 0. The predicted molar refractivity (Wildman–Crippen MR) is 118 cm³/mol. The van der Waals surface area contributed by atoms with Crippen molar-refractivity contribution in [1.82, 2.24) is 15.2 Å². The van der Waals surface area contributed by atoms with Gasteiger partial charge < -0.3 is 10.2 Å². The number of amides is 2. The smallest absolute Gasteiger partial charge is 0.253 e. The molecule has 4 rings (SSSR count). The molecule has 0 unspecified atom stereocenters. The van der Waals surface area contributed by atoms with Crippen molar-refractivity contribution in [3.8, 4) is 0 Å². The van der Waals surface area contributed by atoms with E-state index in [0.717, 1.165) is 51.8 Å². The fourth-order valence-electron chi connectivity index (χ4n) is 4.10. The van der Waals surface area contributed by atoms with Crippen molar-refractivity contribution in [2.24, 2.45) is 0 Å². The second kappa shape index (κ2) is 8.27. The summed E-state index contributed by atoms with van der Waals surface area (Å²) < 4.78 is 0. The highest BCUT2D eigenvalue weighted by Crippen LogP contribution is 2.22. The highest BCUT2D eigenvalue weighted by Gasteiger charge is 2.19. The third-order valence-corrected chi connectivity index (χ3v) is 5.71. The molecule has 0 radical (unpaired) electrons. The summed E-state index contributed by atoms with van der Waals surface area (Å²) in [6.45, 7) is 7.93. The summed E-state index contributed by atoms with van der Waals surface area (Å²) in [4.78, 5) is 31.1. The van der Waals surface area contributed by atoms with Gasteiger partial charge in [-0.2, -0.15) is 0 Å². The van der Waals surface area contributed by atoms with Gasteiger partial charge in [0.05, 0.1) is 16.8 Å². The van der Waals surface area contributed by atoms with Crippen LogP contribution in [0.1, 0.15) is 51.1 Å². The number of hydrogen-bond donors (Lipinski definition) is 1. The second-order valence-electron chi connectivity index (χ2n) is 8.19. The van der Waals surface area contributed by atoms with Gasteiger partial charge in [0.1, 0.15) is 0 Å². The van der Waals surface area contributed by atoms with Crippen molar-refractivity contribution in [2.45, 2.75) is 46.7 Å². The molecule has 1 saturated heterocycles. The molecule has 3 aromatic rings. The molecule has 0 bridgehead atoms. The van der Waals surface area contributed by atoms with Gasteiger partial charge in [0, 0.05) is 31.4 Å². The molecule has 1 fully saturated rings. The zero-order valence-corrected chi connectivity index (χ0v) is 17.8. The molecule has 2 heterocycles. The highest BCUT2D eigenvalue weighted by molar-refractivity contribution is 5.99. The lowest BCUT2D eigenvalue weighted by Crippen LogP contribution is -2.24. The van der Waals surface area contributed by atoms with Crippen LogP contribution >= 0.6 is 0 Å². The monoisotopic (exact) mass is 401 g/mol. The number of likely N-dealkylation sites (tertiary alicyclic amines) is 1. The Bertz CT molecular complexity index is 1120. The average molecular weight is 402 g/mol. The van der Waals surface area contributed by atoms with Crippen LogP contribution in [0, 0.1) is 20.8 Å². The van der Waals surface area contributed by atoms with Crippen LogP contribution in [-0.2, 0) is 17.9 Å². The lowest BCUT2D eigenvalue weighted by molar-refractivity contribution is -0.128. The summed E-state index contributed by atoms with van der Waals surface area (Å²) in [7, 11) is 0. The molecule has 0 saturated carbocycles. The summed E-state index contributed by atoms with van der Waals surface area (Å²) in [6, 6.07) is 14.2. The van der Waals surface area contributed by atoms with Crippen molar-refractivity contribution in [2.75, 3.05) is 6.54 Å². The van der Waals surface area contributed by atoms with Crippen LogP contribution in [0.2, 0.25) is 0 Å². The lowest BCUT2D eigenvalue weighted by atomic mass is 10.0. The van der Waals surface area contributed by atoms with Crippen LogP contribution in [-0.4, -0.2) is 28.2 Å². The van der Waals surface area contributed by atoms with Gasteiger partial charge in [-0.05, 0) is 56.0 Å². The normalized spacial score (nSPS) is 13.8. The molecule has 2 amide bonds. The molecule has 0 atom stereocenters. The van der Waals surface area contributed by atoms with Crippen LogP contribution in [0.4, 0.5) is 0 Å². The largest absolute Gasteiger partial charge is 0.348 e. The molecule has 0 spiro atoms. The number of nitrogens with zero attached hydrogens (tertiary/aromatic N) is 2. The van der Waals surface area contributed by atoms with Gasteiger partial charge >= 0.3 is 0 Å². The number of aromatic nitrogens is 1. The van der Waals surface area contributed by atoms with Gasteiger partial charge in [0.2, 0.25) is 5.91 Å². The number of fused-ring (bicyclic) bond motifs is 1. The fraction of sp³-hybridized carbons (Fsp3) is 0.320. The number of benzene rings is 2. The Kier molecular flexibility index (Phi) is 5.53. The van der Waals surface area contributed by atoms with Crippen molar-refractivity contribution in [3.05, 3.63) is 76.0 Å². The topological polar surface area (TPSA) is 62.3 Å². The maximum Gasteiger partial charge on any atom is 0.253 e. The first-order valence-corrected chi connectivity index (χ1v) is 10.4. The number of rotatable bonds is 5. The van der Waals surface area contributed by atoms with Gasteiger partial charge in [0.25, 0.3) is 5.91 Å². The minimum atomic E-state index is -0.118. The molecule has 154 valence electrons. The first kappa shape index (κ1) is 20.1. The van der Waals surface area contributed by atoms with Crippen molar-refractivity contribution >= 4 is 22.7 Å². The van der Waals surface area contributed by atoms with Gasteiger partial charge in [-0.3, -0.25) is 14.6 Å². The molecule has 5 nitrogen and oxygen atoms in total. The molecule has 2 aromatic carbocycles. The zero-order chi connectivity index (χ0) is 21.3. The van der Waals surface area contributed by atoms with Crippen molar-refractivity contribution in [1.29, 1.82) is 0 Å². The summed E-state index contributed by atoms with van der Waals surface area (Å²) in [6.07, 6.45) is 1.61. The Morgan fingerprint density at radius 3 is 2.50 bits per heavy atom. The van der Waals surface area contributed by atoms with E-state index in [9.17, 15) is 9.59 Å². The van der Waals surface area contributed by atoms with E-state index in [0.29, 0.717) is 25.1 Å². The summed E-state index contributed by atoms with van der Waals surface area (Å²) in [5.41, 5.74) is 6.71. The summed E-state index contributed by atoms with van der Waals surface area (Å²) in [5.74, 6) is 0.115. The highest BCUT2D eigenvalue weighted by atomic mass is 16.2. The SMILES string of the molecule is Cc1cc(C)c2nc(C)c(C(=O)NCc3ccc(CN4CCCC4=O)cc3)cc2c1. The van der Waals surface area contributed by atoms with Crippen LogP contribution < -0.4 is 5.32 Å². The van der Waals surface area contributed by atoms with Gasteiger partial charge in [-0.25, -0.2) is 0 Å². The van der Waals surface area contributed by atoms with E-state index in [1.165, 1.54) is 0 Å². The molecule has 1 N–H and O–H groups in total. The number of carbonyl (C=O) groups excluding carboxylic acids is 2. The molecule has 1 aliphatic rings. The van der Waals surface area contributed by atoms with Crippen LogP contribution in [0.5, 0.6) is 0 Å². The van der Waals surface area contributed by atoms with E-state index >= 15 is 0 Å². The standard InChI is InChI=1S/C25H27N3O2/c1-16-11-17(2)24-21(12-16)13-22(18(3)27-24)25(30)26-14-19-6-8-20(9-7-19)15-28-10-4-5-23(28)29/h6-9,11-13H,4-5,10,14-15H2,1-3H3,(H,26,30). The van der Waals surface area contributed by atoms with E-state index in [2.05, 4.69) is 29.4 Å². The lowest BCUT2D eigenvalue weighted by Gasteiger charge is -2.15. The third kappa shape index (κ3) is 4.20. The average Bonchev–Trinajstić information content (AvgIpc) is 3.12. The first-order valence-electron chi connectivity index (χ1n) is 10.4. The molecular formula is C25H27N3O2. The Balaban J connectivity index is 1.43. The molecule has 5 heteroatoms. The summed E-state index contributed by atoms with van der Waals surface area (Å²) in [5, 5.41) is 4.00. The number of nitrogens with one attached hydrogen (secondary N) is 1. The maximum atomic E-state index is 12.8. The molecular weight excluding hydrogens is 374 g/mol. The minimum Gasteiger partial charge on any atom is -0.348 e. The molecule has 1 aliphatic heterocycles. The van der Waals surface area contributed by atoms with E-state index < -0.39 is 0 Å². The van der Waals surface area contributed by atoms with E-state index in [-0.39, 0.29) is 11.8 Å². The molecule has 1 aromatic heterocycles. The molecule has 0 aliphatic carbocycles. The van der Waals surface area contributed by atoms with Crippen LogP contribution in [0.15, 0.2) is 42.5 Å². The predicted octanol–water partition coefficient (Wildman–Crippen LogP) is 4.21. The maximum absolute atomic E-state index is 12.8. The van der Waals surface area contributed by atoms with Crippen LogP contribution in [0.3, 0.4) is 0 Å². The van der Waals surface area contributed by atoms with E-state index in [1.54, 1.807) is 0 Å². The Hall–Kier alpha value is -3.21. The fourth-order valence-corrected chi connectivity index (χ4v) is 4.10. The van der Waals surface area contributed by atoms with Crippen LogP contribution in [0.25, 0.3) is 10.9 Å². The second-order valence-corrected chi connectivity index (χ2v) is 8.19. The van der Waals surface area contributed by atoms with Crippen molar-refractivity contribution < 1.29 is 9.59 Å². The Labute approximate surface area is 177 Å². The van der Waals surface area contributed by atoms with E-state index in [1.807, 2.05) is 49.1 Å². The van der Waals surface area contributed by atoms with E-state index in [4.69, 9.17) is 0 Å². The number of pyridine rings is 1. The third-order valence-electron chi connectivity index (χ3n) is 5.71. The van der Waals surface area contributed by atoms with Gasteiger partial charge in [0.15, 0.2) is 0 Å². The quantitative estimate of drug-likeness (QED) is 0.697. The number of hydrogen-bond acceptors (Lipinski definition) is 3. The minimum absolute atomic E-state index is 0.118. The Morgan fingerprint density at radius 1 is 1.07 bits per heavy atom. The number of aryl methyl sites for hydroxylation is 3. The van der Waals surface area contributed by atoms with Gasteiger partial charge in [-0.1, -0.05) is 35.9 Å². The number of carbonyl (C=O) groups is 2. The van der Waals surface area contributed by atoms with Gasteiger partial charge in [-0.15, -0.1) is 0 Å². The molecule has 30 heavy (non-hydrogen) atoms. The van der Waals surface area contributed by atoms with Crippen molar-refractivity contribution in [3.63, 3.8) is 0 Å². The zero-order valence-electron chi connectivity index (χ0n) is 17.8. The Morgan fingerprint density at radius 2 is 1.80 bits per heavy atom. The first-order chi connectivity index (χ1) is 14.4.